The number of ether oxygens (including phenoxy) is 2. The van der Waals surface area contributed by atoms with Crippen molar-refractivity contribution in [1.29, 1.82) is 0 Å². The summed E-state index contributed by atoms with van der Waals surface area (Å²) in [7, 11) is 3.13. The van der Waals surface area contributed by atoms with Crippen LogP contribution in [0.4, 0.5) is 0 Å². The molecule has 124 valence electrons. The van der Waals surface area contributed by atoms with Gasteiger partial charge in [0.05, 0.1) is 14.2 Å². The van der Waals surface area contributed by atoms with E-state index in [2.05, 4.69) is 20.7 Å². The molecular formula is C15H21N5O3. The number of hydrogen-bond acceptors (Lipinski definition) is 6. The number of benzene rings is 1. The average Bonchev–Trinajstić information content (AvgIpc) is 3.02. The molecule has 1 aromatic heterocycles. The molecule has 0 aliphatic carbocycles. The van der Waals surface area contributed by atoms with Gasteiger partial charge in [-0.15, -0.1) is 10.2 Å². The fourth-order valence-electron chi connectivity index (χ4n) is 1.95. The third-order valence-corrected chi connectivity index (χ3v) is 3.40. The standard InChI is InChI=1S/C15H21N5O3/c1-5-10(2)16-14(21)9-20-18-15(17-19-20)11-6-7-12(22-3)13(8-11)23-4/h6-8,10H,5,9H2,1-4H3,(H,16,21)/t10-/m1/s1. The lowest BCUT2D eigenvalue weighted by Crippen LogP contribution is -2.35. The normalized spacial score (nSPS) is 11.8. The molecule has 1 amide bonds. The highest BCUT2D eigenvalue weighted by Gasteiger charge is 2.13. The molecule has 23 heavy (non-hydrogen) atoms. The number of nitrogens with zero attached hydrogens (tertiary/aromatic N) is 4. The van der Waals surface area contributed by atoms with Crippen molar-refractivity contribution in [3.63, 3.8) is 0 Å². The number of aromatic nitrogens is 4. The van der Waals surface area contributed by atoms with Crippen LogP contribution in [0.5, 0.6) is 11.5 Å². The topological polar surface area (TPSA) is 91.2 Å². The maximum Gasteiger partial charge on any atom is 0.243 e. The Hall–Kier alpha value is -2.64. The van der Waals surface area contributed by atoms with E-state index in [9.17, 15) is 4.79 Å². The Morgan fingerprint density at radius 2 is 2.04 bits per heavy atom. The van der Waals surface area contributed by atoms with Gasteiger partial charge in [-0.1, -0.05) is 6.92 Å². The van der Waals surface area contributed by atoms with E-state index in [0.29, 0.717) is 17.3 Å². The third kappa shape index (κ3) is 4.18. The predicted molar refractivity (Wildman–Crippen MR) is 84.3 cm³/mol. The Morgan fingerprint density at radius 3 is 2.70 bits per heavy atom. The van der Waals surface area contributed by atoms with Crippen molar-refractivity contribution in [2.24, 2.45) is 0 Å². The van der Waals surface area contributed by atoms with Crippen molar-refractivity contribution in [2.45, 2.75) is 32.9 Å². The van der Waals surface area contributed by atoms with Crippen LogP contribution in [0.2, 0.25) is 0 Å². The molecule has 1 heterocycles. The second kappa shape index (κ2) is 7.57. The van der Waals surface area contributed by atoms with Crippen LogP contribution in [0.1, 0.15) is 20.3 Å². The Bertz CT molecular complexity index is 671. The predicted octanol–water partition coefficient (Wildman–Crippen LogP) is 1.27. The number of methoxy groups -OCH3 is 2. The van der Waals surface area contributed by atoms with Gasteiger partial charge in [-0.05, 0) is 36.8 Å². The fraction of sp³-hybridized carbons (Fsp3) is 0.467. The smallest absolute Gasteiger partial charge is 0.243 e. The molecule has 0 saturated heterocycles. The van der Waals surface area contributed by atoms with Gasteiger partial charge in [0.2, 0.25) is 11.7 Å². The molecule has 1 N–H and O–H groups in total. The van der Waals surface area contributed by atoms with Crippen LogP contribution in [0, 0.1) is 0 Å². The summed E-state index contributed by atoms with van der Waals surface area (Å²) in [6, 6.07) is 5.46. The molecule has 0 aliphatic heterocycles. The third-order valence-electron chi connectivity index (χ3n) is 3.40. The van der Waals surface area contributed by atoms with Crippen LogP contribution < -0.4 is 14.8 Å². The number of rotatable bonds is 7. The van der Waals surface area contributed by atoms with Crippen LogP contribution >= 0.6 is 0 Å². The molecule has 2 rings (SSSR count). The van der Waals surface area contributed by atoms with Gasteiger partial charge in [0, 0.05) is 11.6 Å². The monoisotopic (exact) mass is 319 g/mol. The molecule has 0 saturated carbocycles. The first-order valence-corrected chi connectivity index (χ1v) is 7.37. The van der Waals surface area contributed by atoms with Crippen molar-refractivity contribution in [1.82, 2.24) is 25.5 Å². The Labute approximate surface area is 134 Å². The van der Waals surface area contributed by atoms with Crippen LogP contribution in [0.15, 0.2) is 18.2 Å². The van der Waals surface area contributed by atoms with E-state index in [1.54, 1.807) is 26.4 Å². The molecule has 0 unspecified atom stereocenters. The lowest BCUT2D eigenvalue weighted by atomic mass is 10.2. The quantitative estimate of drug-likeness (QED) is 0.826. The fourth-order valence-corrected chi connectivity index (χ4v) is 1.95. The molecule has 0 radical (unpaired) electrons. The minimum Gasteiger partial charge on any atom is -0.493 e. The van der Waals surface area contributed by atoms with Gasteiger partial charge < -0.3 is 14.8 Å². The van der Waals surface area contributed by atoms with Gasteiger partial charge >= 0.3 is 0 Å². The average molecular weight is 319 g/mol. The molecule has 0 bridgehead atoms. The zero-order chi connectivity index (χ0) is 16.8. The van der Waals surface area contributed by atoms with Gasteiger partial charge in [0.15, 0.2) is 11.5 Å². The maximum atomic E-state index is 11.8. The lowest BCUT2D eigenvalue weighted by Gasteiger charge is -2.10. The summed E-state index contributed by atoms with van der Waals surface area (Å²) in [4.78, 5) is 13.1. The molecule has 8 heteroatoms. The SMILES string of the molecule is CC[C@@H](C)NC(=O)Cn1nnc(-c2ccc(OC)c(OC)c2)n1. The van der Waals surface area contributed by atoms with E-state index in [0.717, 1.165) is 12.0 Å². The Kier molecular flexibility index (Phi) is 5.51. The molecule has 1 aromatic carbocycles. The zero-order valence-electron chi connectivity index (χ0n) is 13.7. The summed E-state index contributed by atoms with van der Waals surface area (Å²) in [5, 5.41) is 15.0. The summed E-state index contributed by atoms with van der Waals surface area (Å²) in [6.45, 7) is 3.99. The molecular weight excluding hydrogens is 298 g/mol. The van der Waals surface area contributed by atoms with Crippen molar-refractivity contribution in [3.8, 4) is 22.9 Å². The molecule has 0 aliphatic rings. The van der Waals surface area contributed by atoms with Crippen LogP contribution in [-0.4, -0.2) is 46.4 Å². The number of amides is 1. The number of hydrogen-bond donors (Lipinski definition) is 1. The second-order valence-corrected chi connectivity index (χ2v) is 5.09. The molecule has 2 aromatic rings. The molecule has 8 nitrogen and oxygen atoms in total. The van der Waals surface area contributed by atoms with Gasteiger partial charge in [0.25, 0.3) is 0 Å². The highest BCUT2D eigenvalue weighted by atomic mass is 16.5. The van der Waals surface area contributed by atoms with E-state index in [1.165, 1.54) is 4.80 Å². The van der Waals surface area contributed by atoms with Gasteiger partial charge in [0.1, 0.15) is 6.54 Å². The van der Waals surface area contributed by atoms with Crippen molar-refractivity contribution in [2.75, 3.05) is 14.2 Å². The van der Waals surface area contributed by atoms with Crippen molar-refractivity contribution in [3.05, 3.63) is 18.2 Å². The van der Waals surface area contributed by atoms with Crippen molar-refractivity contribution >= 4 is 5.91 Å². The van der Waals surface area contributed by atoms with E-state index >= 15 is 0 Å². The summed E-state index contributed by atoms with van der Waals surface area (Å²) in [6.07, 6.45) is 0.868. The lowest BCUT2D eigenvalue weighted by molar-refractivity contribution is -0.122. The van der Waals surface area contributed by atoms with Gasteiger partial charge in [-0.25, -0.2) is 0 Å². The molecule has 0 fully saturated rings. The highest BCUT2D eigenvalue weighted by Crippen LogP contribution is 2.30. The van der Waals surface area contributed by atoms with E-state index in [4.69, 9.17) is 9.47 Å². The Balaban J connectivity index is 2.11. The summed E-state index contributed by atoms with van der Waals surface area (Å²) in [5.74, 6) is 1.48. The highest BCUT2D eigenvalue weighted by molar-refractivity contribution is 5.75. The Morgan fingerprint density at radius 1 is 1.30 bits per heavy atom. The van der Waals surface area contributed by atoms with E-state index in [1.807, 2.05) is 19.9 Å². The largest absolute Gasteiger partial charge is 0.493 e. The number of carbonyl (C=O) groups excluding carboxylic acids is 1. The minimum atomic E-state index is -0.143. The van der Waals surface area contributed by atoms with Crippen LogP contribution in [0.25, 0.3) is 11.4 Å². The summed E-state index contributed by atoms with van der Waals surface area (Å²) < 4.78 is 10.4. The van der Waals surface area contributed by atoms with Crippen LogP contribution in [-0.2, 0) is 11.3 Å². The zero-order valence-corrected chi connectivity index (χ0v) is 13.7. The summed E-state index contributed by atoms with van der Waals surface area (Å²) in [5.41, 5.74) is 0.733. The van der Waals surface area contributed by atoms with Gasteiger partial charge in [-0.2, -0.15) is 4.80 Å². The van der Waals surface area contributed by atoms with Gasteiger partial charge in [-0.3, -0.25) is 4.79 Å². The first-order chi connectivity index (χ1) is 11.1. The van der Waals surface area contributed by atoms with Crippen LogP contribution in [0.3, 0.4) is 0 Å². The summed E-state index contributed by atoms with van der Waals surface area (Å²) >= 11 is 0. The van der Waals surface area contributed by atoms with Crippen molar-refractivity contribution < 1.29 is 14.3 Å². The molecule has 0 spiro atoms. The first-order valence-electron chi connectivity index (χ1n) is 7.37. The second-order valence-electron chi connectivity index (χ2n) is 5.09. The molecule has 1 atom stereocenters. The minimum absolute atomic E-state index is 0.0324. The number of nitrogens with one attached hydrogen (secondary N) is 1. The number of carbonyl (C=O) groups is 1. The number of tetrazole rings is 1. The van der Waals surface area contributed by atoms with E-state index in [-0.39, 0.29) is 18.5 Å². The maximum absolute atomic E-state index is 11.8. The first kappa shape index (κ1) is 16.7. The van der Waals surface area contributed by atoms with E-state index < -0.39 is 0 Å².